The fraction of sp³-hybridized carbons (Fsp3) is 0.391. The van der Waals surface area contributed by atoms with E-state index in [-0.39, 0.29) is 0 Å². The molecule has 0 N–H and O–H groups in total. The molecule has 0 amide bonds. The second-order valence-corrected chi connectivity index (χ2v) is 6.52. The molecule has 0 saturated heterocycles. The highest BCUT2D eigenvalue weighted by Crippen LogP contribution is 2.22. The average Bonchev–Trinajstić information content (AvgIpc) is 2.64. The monoisotopic (exact) mass is 321 g/mol. The highest BCUT2D eigenvalue weighted by Gasteiger charge is 2.06. The van der Waals surface area contributed by atoms with Gasteiger partial charge >= 0.3 is 0 Å². The van der Waals surface area contributed by atoms with Crippen LogP contribution >= 0.6 is 0 Å². The Bertz CT molecular complexity index is 590. The van der Waals surface area contributed by atoms with Crippen molar-refractivity contribution in [1.82, 2.24) is 4.90 Å². The molecule has 128 valence electrons. The quantitative estimate of drug-likeness (QED) is 0.507. The van der Waals surface area contributed by atoms with E-state index in [4.69, 9.17) is 0 Å². The van der Waals surface area contributed by atoms with Crippen molar-refractivity contribution in [3.63, 3.8) is 0 Å². The normalized spacial score (nSPS) is 11.0. The highest BCUT2D eigenvalue weighted by atomic mass is 15.1. The maximum atomic E-state index is 4.26. The second kappa shape index (κ2) is 10.1. The number of unbranched alkanes of at least 4 members (excludes halogenated alkanes) is 2. The highest BCUT2D eigenvalue weighted by molar-refractivity contribution is 5.77. The van der Waals surface area contributed by atoms with Crippen LogP contribution in [0.5, 0.6) is 0 Å². The summed E-state index contributed by atoms with van der Waals surface area (Å²) in [6.07, 6.45) is 5.09. The van der Waals surface area contributed by atoms with Crippen molar-refractivity contribution in [2.24, 2.45) is 0 Å². The van der Waals surface area contributed by atoms with E-state index in [0.29, 0.717) is 0 Å². The largest absolute Gasteiger partial charge is 0.299 e. The summed E-state index contributed by atoms with van der Waals surface area (Å²) in [5, 5.41) is 0. The summed E-state index contributed by atoms with van der Waals surface area (Å²) in [6.45, 7) is 12.2. The first-order chi connectivity index (χ1) is 11.7. The van der Waals surface area contributed by atoms with Crippen LogP contribution in [0.15, 0.2) is 61.2 Å². The van der Waals surface area contributed by atoms with E-state index in [9.17, 15) is 0 Å². The molecule has 0 aromatic heterocycles. The molecule has 0 bridgehead atoms. The van der Waals surface area contributed by atoms with Crippen LogP contribution in [-0.4, -0.2) is 18.0 Å². The van der Waals surface area contributed by atoms with Crippen molar-refractivity contribution in [2.45, 2.75) is 46.1 Å². The number of hydrogen-bond donors (Lipinski definition) is 0. The molecule has 0 heterocycles. The van der Waals surface area contributed by atoms with Crippen molar-refractivity contribution in [3.8, 4) is 0 Å². The van der Waals surface area contributed by atoms with Crippen molar-refractivity contribution >= 4 is 5.57 Å². The SMILES string of the molecule is C=C(c1ccccc1)c1ccc(CN(CCCC)CCCC)cc1. The van der Waals surface area contributed by atoms with Crippen LogP contribution in [0, 0.1) is 0 Å². The molecule has 1 heteroatoms. The molecule has 0 fully saturated rings. The van der Waals surface area contributed by atoms with Crippen molar-refractivity contribution in [2.75, 3.05) is 13.1 Å². The molecular weight excluding hydrogens is 290 g/mol. The lowest BCUT2D eigenvalue weighted by Gasteiger charge is -2.22. The van der Waals surface area contributed by atoms with Gasteiger partial charge in [0.25, 0.3) is 0 Å². The number of nitrogens with zero attached hydrogens (tertiary/aromatic N) is 1. The fourth-order valence-electron chi connectivity index (χ4n) is 2.91. The van der Waals surface area contributed by atoms with Crippen LogP contribution in [-0.2, 0) is 6.54 Å². The average molecular weight is 322 g/mol. The van der Waals surface area contributed by atoms with E-state index in [0.717, 1.165) is 12.1 Å². The summed E-state index contributed by atoms with van der Waals surface area (Å²) in [5.74, 6) is 0. The standard InChI is InChI=1S/C23H31N/c1-4-6-17-24(18-7-5-2)19-21-13-15-23(16-14-21)20(3)22-11-9-8-10-12-22/h8-16H,3-7,17-19H2,1-2H3. The van der Waals surface area contributed by atoms with E-state index in [1.54, 1.807) is 0 Å². The number of benzene rings is 2. The van der Waals surface area contributed by atoms with Crippen molar-refractivity contribution in [3.05, 3.63) is 77.9 Å². The van der Waals surface area contributed by atoms with E-state index < -0.39 is 0 Å². The Morgan fingerprint density at radius 2 is 1.33 bits per heavy atom. The van der Waals surface area contributed by atoms with Crippen LogP contribution in [0.1, 0.15) is 56.2 Å². The number of hydrogen-bond acceptors (Lipinski definition) is 1. The molecule has 0 saturated carbocycles. The molecule has 0 aliphatic carbocycles. The van der Waals surface area contributed by atoms with Gasteiger partial charge in [0.05, 0.1) is 0 Å². The van der Waals surface area contributed by atoms with E-state index in [1.165, 1.54) is 55.5 Å². The van der Waals surface area contributed by atoms with Gasteiger partial charge in [0.15, 0.2) is 0 Å². The summed E-state index contributed by atoms with van der Waals surface area (Å²) in [4.78, 5) is 2.59. The molecule has 24 heavy (non-hydrogen) atoms. The smallest absolute Gasteiger partial charge is 0.0233 e. The van der Waals surface area contributed by atoms with Crippen molar-refractivity contribution in [1.29, 1.82) is 0 Å². The minimum absolute atomic E-state index is 1.05. The van der Waals surface area contributed by atoms with E-state index in [2.05, 4.69) is 73.9 Å². The molecule has 1 nitrogen and oxygen atoms in total. The molecule has 2 rings (SSSR count). The summed E-state index contributed by atoms with van der Waals surface area (Å²) >= 11 is 0. The first-order valence-electron chi connectivity index (χ1n) is 9.30. The van der Waals surface area contributed by atoms with Gasteiger partial charge in [-0.3, -0.25) is 4.90 Å². The van der Waals surface area contributed by atoms with Gasteiger partial charge in [-0.15, -0.1) is 0 Å². The van der Waals surface area contributed by atoms with Crippen LogP contribution in [0.2, 0.25) is 0 Å². The zero-order valence-corrected chi connectivity index (χ0v) is 15.3. The Morgan fingerprint density at radius 1 is 0.792 bits per heavy atom. The van der Waals surface area contributed by atoms with Gasteiger partial charge in [0.1, 0.15) is 0 Å². The molecule has 0 aliphatic rings. The zero-order chi connectivity index (χ0) is 17.2. The van der Waals surface area contributed by atoms with Gasteiger partial charge in [-0.2, -0.15) is 0 Å². The Kier molecular flexibility index (Phi) is 7.77. The Hall–Kier alpha value is -1.86. The molecule has 0 atom stereocenters. The predicted molar refractivity (Wildman–Crippen MR) is 106 cm³/mol. The van der Waals surface area contributed by atoms with Crippen LogP contribution in [0.25, 0.3) is 5.57 Å². The molecule has 2 aromatic rings. The zero-order valence-electron chi connectivity index (χ0n) is 15.3. The Labute approximate surface area is 148 Å². The van der Waals surface area contributed by atoms with Crippen LogP contribution in [0.4, 0.5) is 0 Å². The third kappa shape index (κ3) is 5.65. The maximum Gasteiger partial charge on any atom is 0.0233 e. The lowest BCUT2D eigenvalue weighted by atomic mass is 9.98. The van der Waals surface area contributed by atoms with Gasteiger partial charge in [-0.05, 0) is 48.2 Å². The topological polar surface area (TPSA) is 3.24 Å². The summed E-state index contributed by atoms with van der Waals surface area (Å²) < 4.78 is 0. The van der Waals surface area contributed by atoms with Crippen LogP contribution in [0.3, 0.4) is 0 Å². The summed E-state index contributed by atoms with van der Waals surface area (Å²) in [5.41, 5.74) is 4.89. The molecule has 0 aliphatic heterocycles. The summed E-state index contributed by atoms with van der Waals surface area (Å²) in [6, 6.07) is 19.3. The van der Waals surface area contributed by atoms with Gasteiger partial charge in [0, 0.05) is 6.54 Å². The molecule has 0 unspecified atom stereocenters. The first kappa shape index (κ1) is 18.5. The second-order valence-electron chi connectivity index (χ2n) is 6.52. The minimum Gasteiger partial charge on any atom is -0.299 e. The Balaban J connectivity index is 2.00. The van der Waals surface area contributed by atoms with Crippen molar-refractivity contribution < 1.29 is 0 Å². The van der Waals surface area contributed by atoms with E-state index >= 15 is 0 Å². The Morgan fingerprint density at radius 3 is 1.88 bits per heavy atom. The molecule has 2 aromatic carbocycles. The first-order valence-corrected chi connectivity index (χ1v) is 9.30. The van der Waals surface area contributed by atoms with Gasteiger partial charge < -0.3 is 0 Å². The maximum absolute atomic E-state index is 4.26. The summed E-state index contributed by atoms with van der Waals surface area (Å²) in [7, 11) is 0. The third-order valence-electron chi connectivity index (χ3n) is 4.49. The lowest BCUT2D eigenvalue weighted by Crippen LogP contribution is -2.25. The predicted octanol–water partition coefficient (Wildman–Crippen LogP) is 6.15. The van der Waals surface area contributed by atoms with Gasteiger partial charge in [-0.25, -0.2) is 0 Å². The van der Waals surface area contributed by atoms with E-state index in [1.807, 2.05) is 6.07 Å². The fourth-order valence-corrected chi connectivity index (χ4v) is 2.91. The van der Waals surface area contributed by atoms with Crippen LogP contribution < -0.4 is 0 Å². The van der Waals surface area contributed by atoms with Gasteiger partial charge in [-0.1, -0.05) is 87.9 Å². The third-order valence-corrected chi connectivity index (χ3v) is 4.49. The van der Waals surface area contributed by atoms with Gasteiger partial charge in [0.2, 0.25) is 0 Å². The number of rotatable bonds is 10. The lowest BCUT2D eigenvalue weighted by molar-refractivity contribution is 0.257. The minimum atomic E-state index is 1.05. The molecular formula is C23H31N. The molecule has 0 radical (unpaired) electrons. The molecule has 0 spiro atoms.